The number of unbranched alkanes of at least 4 members (excludes halogenated alkanes) is 1. The SMILES string of the molecule is CCCCn1ncc2c1CC(C)(C)CC2N. The summed E-state index contributed by atoms with van der Waals surface area (Å²) < 4.78 is 2.17. The van der Waals surface area contributed by atoms with Crippen molar-refractivity contribution in [3.8, 4) is 0 Å². The highest BCUT2D eigenvalue weighted by Gasteiger charge is 2.32. The van der Waals surface area contributed by atoms with Crippen LogP contribution in [0.3, 0.4) is 0 Å². The van der Waals surface area contributed by atoms with Crippen molar-refractivity contribution < 1.29 is 0 Å². The van der Waals surface area contributed by atoms with Gasteiger partial charge >= 0.3 is 0 Å². The molecular formula is C13H23N3. The van der Waals surface area contributed by atoms with Crippen molar-refractivity contribution in [3.05, 3.63) is 17.5 Å². The fraction of sp³-hybridized carbons (Fsp3) is 0.769. The Morgan fingerprint density at radius 3 is 3.00 bits per heavy atom. The number of aromatic nitrogens is 2. The van der Waals surface area contributed by atoms with Gasteiger partial charge in [-0.25, -0.2) is 0 Å². The summed E-state index contributed by atoms with van der Waals surface area (Å²) in [6, 6.07) is 0.175. The van der Waals surface area contributed by atoms with Gasteiger partial charge in [-0.1, -0.05) is 27.2 Å². The van der Waals surface area contributed by atoms with Gasteiger partial charge in [0.15, 0.2) is 0 Å². The fourth-order valence-electron chi connectivity index (χ4n) is 2.66. The molecule has 0 spiro atoms. The molecule has 3 nitrogen and oxygen atoms in total. The number of aryl methyl sites for hydroxylation is 1. The van der Waals surface area contributed by atoms with Gasteiger partial charge < -0.3 is 5.73 Å². The van der Waals surface area contributed by atoms with Gasteiger partial charge in [-0.3, -0.25) is 4.68 Å². The Labute approximate surface area is 98.0 Å². The first kappa shape index (κ1) is 11.6. The van der Waals surface area contributed by atoms with E-state index in [1.165, 1.54) is 24.1 Å². The molecule has 1 aliphatic rings. The number of nitrogens with zero attached hydrogens (tertiary/aromatic N) is 2. The van der Waals surface area contributed by atoms with Crippen LogP contribution in [0.5, 0.6) is 0 Å². The monoisotopic (exact) mass is 221 g/mol. The van der Waals surface area contributed by atoms with E-state index in [0.29, 0.717) is 5.41 Å². The van der Waals surface area contributed by atoms with Crippen LogP contribution in [0.15, 0.2) is 6.20 Å². The van der Waals surface area contributed by atoms with Gasteiger partial charge in [0, 0.05) is 23.8 Å². The summed E-state index contributed by atoms with van der Waals surface area (Å²) in [4.78, 5) is 0. The quantitative estimate of drug-likeness (QED) is 0.852. The first-order chi connectivity index (χ1) is 7.53. The minimum absolute atomic E-state index is 0.175. The second-order valence-electron chi connectivity index (χ2n) is 5.77. The Morgan fingerprint density at radius 2 is 2.31 bits per heavy atom. The number of nitrogens with two attached hydrogens (primary N) is 1. The van der Waals surface area contributed by atoms with Crippen molar-refractivity contribution >= 4 is 0 Å². The lowest BCUT2D eigenvalue weighted by Gasteiger charge is -2.33. The lowest BCUT2D eigenvalue weighted by Crippen LogP contribution is -2.30. The highest BCUT2D eigenvalue weighted by Crippen LogP contribution is 2.39. The molecular weight excluding hydrogens is 198 g/mol. The van der Waals surface area contributed by atoms with E-state index in [-0.39, 0.29) is 6.04 Å². The molecule has 0 amide bonds. The van der Waals surface area contributed by atoms with Crippen LogP contribution in [0, 0.1) is 5.41 Å². The Morgan fingerprint density at radius 1 is 1.56 bits per heavy atom. The summed E-state index contributed by atoms with van der Waals surface area (Å²) in [5.74, 6) is 0. The van der Waals surface area contributed by atoms with Gasteiger partial charge in [0.2, 0.25) is 0 Å². The fourth-order valence-corrected chi connectivity index (χ4v) is 2.66. The Hall–Kier alpha value is -0.830. The van der Waals surface area contributed by atoms with E-state index in [2.05, 4.69) is 30.6 Å². The topological polar surface area (TPSA) is 43.8 Å². The number of hydrogen-bond donors (Lipinski definition) is 1. The zero-order valence-corrected chi connectivity index (χ0v) is 10.7. The largest absolute Gasteiger partial charge is 0.324 e. The molecule has 0 radical (unpaired) electrons. The summed E-state index contributed by atoms with van der Waals surface area (Å²) >= 11 is 0. The molecule has 1 aromatic rings. The molecule has 0 fully saturated rings. The standard InChI is InChI=1S/C13H23N3/c1-4-5-6-16-12-8-13(2,3)7-11(14)10(12)9-15-16/h9,11H,4-8,14H2,1-3H3. The third kappa shape index (κ3) is 2.14. The molecule has 1 heterocycles. The number of fused-ring (bicyclic) bond motifs is 1. The molecule has 0 saturated carbocycles. The number of hydrogen-bond acceptors (Lipinski definition) is 2. The second-order valence-corrected chi connectivity index (χ2v) is 5.77. The van der Waals surface area contributed by atoms with Crippen LogP contribution >= 0.6 is 0 Å². The molecule has 1 atom stereocenters. The summed E-state index contributed by atoms with van der Waals surface area (Å²) in [6.45, 7) is 7.85. The zero-order valence-electron chi connectivity index (χ0n) is 10.7. The second kappa shape index (κ2) is 4.21. The van der Waals surface area contributed by atoms with Crippen molar-refractivity contribution in [2.45, 2.75) is 59.0 Å². The van der Waals surface area contributed by atoms with E-state index in [1.807, 2.05) is 6.20 Å². The third-order valence-corrected chi connectivity index (χ3v) is 3.52. The maximum Gasteiger partial charge on any atom is 0.0540 e. The van der Waals surface area contributed by atoms with Crippen LogP contribution in [0.1, 0.15) is 57.3 Å². The van der Waals surface area contributed by atoms with E-state index >= 15 is 0 Å². The lowest BCUT2D eigenvalue weighted by atomic mass is 9.75. The van der Waals surface area contributed by atoms with Gasteiger partial charge in [-0.05, 0) is 24.7 Å². The smallest absolute Gasteiger partial charge is 0.0540 e. The van der Waals surface area contributed by atoms with Crippen LogP contribution in [0.4, 0.5) is 0 Å². The van der Waals surface area contributed by atoms with Crippen molar-refractivity contribution in [2.75, 3.05) is 0 Å². The normalized spacial score (nSPS) is 23.1. The van der Waals surface area contributed by atoms with E-state index in [4.69, 9.17) is 5.73 Å². The lowest BCUT2D eigenvalue weighted by molar-refractivity contribution is 0.273. The summed E-state index contributed by atoms with van der Waals surface area (Å²) in [5.41, 5.74) is 9.17. The van der Waals surface area contributed by atoms with Crippen LogP contribution in [0.25, 0.3) is 0 Å². The van der Waals surface area contributed by atoms with Crippen molar-refractivity contribution in [1.82, 2.24) is 9.78 Å². The van der Waals surface area contributed by atoms with Gasteiger partial charge in [-0.15, -0.1) is 0 Å². The third-order valence-electron chi connectivity index (χ3n) is 3.52. The van der Waals surface area contributed by atoms with E-state index in [9.17, 15) is 0 Å². The first-order valence-corrected chi connectivity index (χ1v) is 6.33. The first-order valence-electron chi connectivity index (χ1n) is 6.33. The average molecular weight is 221 g/mol. The Bertz CT molecular complexity index is 365. The molecule has 2 N–H and O–H groups in total. The van der Waals surface area contributed by atoms with Crippen LogP contribution in [-0.2, 0) is 13.0 Å². The van der Waals surface area contributed by atoms with Crippen LogP contribution in [-0.4, -0.2) is 9.78 Å². The van der Waals surface area contributed by atoms with Crippen LogP contribution in [0.2, 0.25) is 0 Å². The average Bonchev–Trinajstić information content (AvgIpc) is 2.56. The molecule has 2 rings (SSSR count). The van der Waals surface area contributed by atoms with Crippen molar-refractivity contribution in [2.24, 2.45) is 11.1 Å². The zero-order chi connectivity index (χ0) is 11.8. The molecule has 16 heavy (non-hydrogen) atoms. The van der Waals surface area contributed by atoms with Gasteiger partial charge in [-0.2, -0.15) is 5.10 Å². The summed E-state index contributed by atoms with van der Waals surface area (Å²) in [7, 11) is 0. The summed E-state index contributed by atoms with van der Waals surface area (Å²) in [6.07, 6.45) is 6.57. The molecule has 1 aliphatic carbocycles. The maximum atomic E-state index is 6.21. The maximum absolute atomic E-state index is 6.21. The Balaban J connectivity index is 2.26. The molecule has 3 heteroatoms. The molecule has 1 aromatic heterocycles. The van der Waals surface area contributed by atoms with Crippen molar-refractivity contribution in [3.63, 3.8) is 0 Å². The van der Waals surface area contributed by atoms with E-state index in [0.717, 1.165) is 19.4 Å². The molecule has 0 aromatic carbocycles. The highest BCUT2D eigenvalue weighted by molar-refractivity contribution is 5.26. The molecule has 0 aliphatic heterocycles. The number of rotatable bonds is 3. The minimum atomic E-state index is 0.175. The minimum Gasteiger partial charge on any atom is -0.324 e. The Kier molecular flexibility index (Phi) is 3.06. The van der Waals surface area contributed by atoms with Crippen molar-refractivity contribution in [1.29, 1.82) is 0 Å². The summed E-state index contributed by atoms with van der Waals surface area (Å²) in [5, 5.41) is 4.49. The molecule has 90 valence electrons. The predicted molar refractivity (Wildman–Crippen MR) is 66.2 cm³/mol. The van der Waals surface area contributed by atoms with Gasteiger partial charge in [0.1, 0.15) is 0 Å². The molecule has 1 unspecified atom stereocenters. The van der Waals surface area contributed by atoms with E-state index in [1.54, 1.807) is 0 Å². The molecule has 0 saturated heterocycles. The predicted octanol–water partition coefficient (Wildman–Crippen LogP) is 2.66. The van der Waals surface area contributed by atoms with E-state index < -0.39 is 0 Å². The van der Waals surface area contributed by atoms with Gasteiger partial charge in [0.05, 0.1) is 6.20 Å². The van der Waals surface area contributed by atoms with Gasteiger partial charge in [0.25, 0.3) is 0 Å². The highest BCUT2D eigenvalue weighted by atomic mass is 15.3. The van der Waals surface area contributed by atoms with Crippen LogP contribution < -0.4 is 5.73 Å². The molecule has 0 bridgehead atoms.